The van der Waals surface area contributed by atoms with Gasteiger partial charge in [-0.3, -0.25) is 9.59 Å². The van der Waals surface area contributed by atoms with Gasteiger partial charge in [0.05, 0.1) is 22.8 Å². The summed E-state index contributed by atoms with van der Waals surface area (Å²) < 4.78 is 44.9. The number of amides is 2. The summed E-state index contributed by atoms with van der Waals surface area (Å²) in [4.78, 5) is 37.8. The molecule has 236 valence electrons. The van der Waals surface area contributed by atoms with E-state index in [4.69, 9.17) is 4.74 Å². The summed E-state index contributed by atoms with van der Waals surface area (Å²) in [5, 5.41) is 9.63. The molecule has 0 aliphatic heterocycles. The normalized spacial score (nSPS) is 13.1. The van der Waals surface area contributed by atoms with E-state index in [0.717, 1.165) is 47.1 Å². The molecule has 46 heavy (non-hydrogen) atoms. The minimum absolute atomic E-state index is 0.0882. The lowest BCUT2D eigenvalue weighted by Gasteiger charge is -2.15. The molecule has 1 saturated carbocycles. The molecule has 2 amide bonds. The Bertz CT molecular complexity index is 1900. The fourth-order valence-electron chi connectivity index (χ4n) is 4.98. The van der Waals surface area contributed by atoms with Crippen LogP contribution in [0.1, 0.15) is 58.5 Å². The first-order valence-electron chi connectivity index (χ1n) is 14.8. The van der Waals surface area contributed by atoms with Crippen molar-refractivity contribution in [1.29, 1.82) is 0 Å². The number of carbonyl (C=O) groups is 2. The van der Waals surface area contributed by atoms with E-state index < -0.39 is 17.6 Å². The SMILES string of the molecule is CC(C)Oc1cc(CNc2ncccc2C(=O)Nc2ccc(C(F)(F)F)cc2)cc(-c2c[nH]c3ncc(C(=O)NC4CC4)cc23)c1. The summed E-state index contributed by atoms with van der Waals surface area (Å²) in [6.45, 7) is 4.14. The molecule has 0 unspecified atom stereocenters. The second kappa shape index (κ2) is 12.5. The Morgan fingerprint density at radius 2 is 1.80 bits per heavy atom. The van der Waals surface area contributed by atoms with Crippen molar-refractivity contribution in [3.63, 3.8) is 0 Å². The smallest absolute Gasteiger partial charge is 0.416 e. The van der Waals surface area contributed by atoms with Gasteiger partial charge in [0.2, 0.25) is 0 Å². The number of halogens is 3. The molecular weight excluding hydrogens is 597 g/mol. The van der Waals surface area contributed by atoms with E-state index in [1.54, 1.807) is 18.3 Å². The third kappa shape index (κ3) is 7.12. The summed E-state index contributed by atoms with van der Waals surface area (Å²) in [6, 6.07) is 15.3. The molecule has 9 nitrogen and oxygen atoms in total. The third-order valence-electron chi connectivity index (χ3n) is 7.34. The van der Waals surface area contributed by atoms with E-state index in [1.165, 1.54) is 18.3 Å². The summed E-state index contributed by atoms with van der Waals surface area (Å²) in [5.74, 6) is 0.252. The maximum atomic E-state index is 13.1. The van der Waals surface area contributed by atoms with E-state index in [-0.39, 0.29) is 35.8 Å². The van der Waals surface area contributed by atoms with Gasteiger partial charge in [-0.1, -0.05) is 0 Å². The van der Waals surface area contributed by atoms with E-state index in [9.17, 15) is 22.8 Å². The minimum atomic E-state index is -4.47. The van der Waals surface area contributed by atoms with Crippen molar-refractivity contribution in [1.82, 2.24) is 20.3 Å². The molecule has 0 spiro atoms. The first-order chi connectivity index (χ1) is 22.0. The van der Waals surface area contributed by atoms with Crippen molar-refractivity contribution in [2.75, 3.05) is 10.6 Å². The predicted octanol–water partition coefficient (Wildman–Crippen LogP) is 7.19. The Morgan fingerprint density at radius 3 is 2.52 bits per heavy atom. The van der Waals surface area contributed by atoms with Crippen LogP contribution in [0.2, 0.25) is 0 Å². The molecule has 1 fully saturated rings. The molecule has 4 N–H and O–H groups in total. The molecule has 0 saturated heterocycles. The number of aromatic amines is 1. The zero-order valence-electron chi connectivity index (χ0n) is 25.0. The van der Waals surface area contributed by atoms with Crippen molar-refractivity contribution < 1.29 is 27.5 Å². The van der Waals surface area contributed by atoms with Crippen LogP contribution in [0, 0.1) is 0 Å². The number of hydrogen-bond acceptors (Lipinski definition) is 6. The van der Waals surface area contributed by atoms with Gasteiger partial charge < -0.3 is 25.7 Å². The van der Waals surface area contributed by atoms with Gasteiger partial charge in [0.1, 0.15) is 17.2 Å². The molecule has 0 radical (unpaired) electrons. The number of ether oxygens (including phenoxy) is 1. The van der Waals surface area contributed by atoms with Gasteiger partial charge in [-0.15, -0.1) is 0 Å². The number of alkyl halides is 3. The third-order valence-corrected chi connectivity index (χ3v) is 7.34. The number of aromatic nitrogens is 3. The van der Waals surface area contributed by atoms with Gasteiger partial charge in [0, 0.05) is 47.8 Å². The molecule has 3 heterocycles. The van der Waals surface area contributed by atoms with E-state index in [1.807, 2.05) is 44.3 Å². The Morgan fingerprint density at radius 1 is 1.02 bits per heavy atom. The van der Waals surface area contributed by atoms with Crippen LogP contribution in [0.5, 0.6) is 5.75 Å². The Balaban J connectivity index is 1.24. The van der Waals surface area contributed by atoms with E-state index in [2.05, 4.69) is 30.9 Å². The number of hydrogen-bond donors (Lipinski definition) is 4. The molecule has 0 bridgehead atoms. The topological polar surface area (TPSA) is 121 Å². The van der Waals surface area contributed by atoms with E-state index >= 15 is 0 Å². The Kier molecular flexibility index (Phi) is 8.35. The second-order valence-electron chi connectivity index (χ2n) is 11.4. The first kappa shape index (κ1) is 30.6. The van der Waals surface area contributed by atoms with Crippen molar-refractivity contribution in [2.24, 2.45) is 0 Å². The molecule has 5 aromatic rings. The zero-order valence-corrected chi connectivity index (χ0v) is 25.0. The van der Waals surface area contributed by atoms with Gasteiger partial charge in [-0.05, 0) is 98.5 Å². The van der Waals surface area contributed by atoms with Crippen molar-refractivity contribution in [3.05, 3.63) is 102 Å². The lowest BCUT2D eigenvalue weighted by atomic mass is 10.0. The fourth-order valence-corrected chi connectivity index (χ4v) is 4.98. The lowest BCUT2D eigenvalue weighted by molar-refractivity contribution is -0.137. The Hall–Kier alpha value is -5.39. The van der Waals surface area contributed by atoms with Crippen molar-refractivity contribution in [2.45, 2.75) is 51.6 Å². The molecule has 6 rings (SSSR count). The van der Waals surface area contributed by atoms with Gasteiger partial charge in [0.15, 0.2) is 0 Å². The highest BCUT2D eigenvalue weighted by atomic mass is 19.4. The largest absolute Gasteiger partial charge is 0.491 e. The number of carbonyl (C=O) groups excluding carboxylic acids is 2. The maximum absolute atomic E-state index is 13.1. The van der Waals surface area contributed by atoms with Crippen LogP contribution in [0.4, 0.5) is 24.7 Å². The van der Waals surface area contributed by atoms with Crippen LogP contribution in [0.3, 0.4) is 0 Å². The number of fused-ring (bicyclic) bond motifs is 1. The molecule has 3 aromatic heterocycles. The number of anilines is 2. The highest BCUT2D eigenvalue weighted by molar-refractivity contribution is 6.07. The number of H-pyrrole nitrogens is 1. The van der Waals surface area contributed by atoms with Gasteiger partial charge >= 0.3 is 6.18 Å². The minimum Gasteiger partial charge on any atom is -0.491 e. The quantitative estimate of drug-likeness (QED) is 0.130. The summed E-state index contributed by atoms with van der Waals surface area (Å²) in [6.07, 6.45) is 2.35. The molecule has 0 atom stereocenters. The van der Waals surface area contributed by atoms with Crippen LogP contribution in [-0.2, 0) is 12.7 Å². The van der Waals surface area contributed by atoms with Crippen LogP contribution >= 0.6 is 0 Å². The molecule has 1 aliphatic rings. The second-order valence-corrected chi connectivity index (χ2v) is 11.4. The molecular formula is C34H31F3N6O3. The highest BCUT2D eigenvalue weighted by Crippen LogP contribution is 2.33. The summed E-state index contributed by atoms with van der Waals surface area (Å²) >= 11 is 0. The van der Waals surface area contributed by atoms with Crippen LogP contribution in [0.25, 0.3) is 22.2 Å². The Labute approximate surface area is 262 Å². The first-order valence-corrected chi connectivity index (χ1v) is 14.8. The summed E-state index contributed by atoms with van der Waals surface area (Å²) in [5.41, 5.74) is 3.27. The predicted molar refractivity (Wildman–Crippen MR) is 169 cm³/mol. The average molecular weight is 629 g/mol. The van der Waals surface area contributed by atoms with Crippen molar-refractivity contribution >= 4 is 34.4 Å². The summed E-state index contributed by atoms with van der Waals surface area (Å²) in [7, 11) is 0. The maximum Gasteiger partial charge on any atom is 0.416 e. The lowest BCUT2D eigenvalue weighted by Crippen LogP contribution is -2.25. The number of pyridine rings is 2. The van der Waals surface area contributed by atoms with Gasteiger partial charge in [-0.25, -0.2) is 9.97 Å². The molecule has 1 aliphatic carbocycles. The van der Waals surface area contributed by atoms with Gasteiger partial charge in [-0.2, -0.15) is 13.2 Å². The molecule has 2 aromatic carbocycles. The van der Waals surface area contributed by atoms with E-state index in [0.29, 0.717) is 22.8 Å². The fraction of sp³-hybridized carbons (Fsp3) is 0.235. The van der Waals surface area contributed by atoms with Crippen LogP contribution in [0.15, 0.2) is 79.3 Å². The average Bonchev–Trinajstić information content (AvgIpc) is 3.74. The number of rotatable bonds is 10. The van der Waals surface area contributed by atoms with Crippen molar-refractivity contribution in [3.8, 4) is 16.9 Å². The van der Waals surface area contributed by atoms with Crippen LogP contribution in [-0.4, -0.2) is 38.9 Å². The number of benzene rings is 2. The number of nitrogens with zero attached hydrogens (tertiary/aromatic N) is 2. The highest BCUT2D eigenvalue weighted by Gasteiger charge is 2.30. The standard InChI is InChI=1S/C34H31F3N6O3/c1-19(2)46-26-13-20(12-21(14-26)29-18-41-31-28(29)15-22(17-40-31)32(44)42-25-9-10-25)16-39-30-27(4-3-11-38-30)33(45)43-24-7-5-23(6-8-24)34(35,36)37/h3-8,11-15,17-19,25H,9-10,16H2,1-2H3,(H,38,39)(H,40,41)(H,42,44)(H,43,45). The monoisotopic (exact) mass is 628 g/mol. The number of nitrogens with one attached hydrogen (secondary N) is 4. The van der Waals surface area contributed by atoms with Gasteiger partial charge in [0.25, 0.3) is 11.8 Å². The molecule has 12 heteroatoms. The van der Waals surface area contributed by atoms with Crippen LogP contribution < -0.4 is 20.7 Å². The zero-order chi connectivity index (χ0) is 32.4.